The summed E-state index contributed by atoms with van der Waals surface area (Å²) in [5, 5.41) is 5.35. The van der Waals surface area contributed by atoms with Gasteiger partial charge < -0.3 is 10.2 Å². The van der Waals surface area contributed by atoms with Crippen LogP contribution in [0.2, 0.25) is 0 Å². The molecule has 4 atom stereocenters. The van der Waals surface area contributed by atoms with Crippen molar-refractivity contribution >= 4 is 11.8 Å². The van der Waals surface area contributed by atoms with Crippen LogP contribution in [0.25, 0.3) is 0 Å². The van der Waals surface area contributed by atoms with E-state index < -0.39 is 0 Å². The quantitative estimate of drug-likeness (QED) is 0.746. The molecule has 1 saturated carbocycles. The lowest BCUT2D eigenvalue weighted by Gasteiger charge is -2.46. The Labute approximate surface area is 136 Å². The lowest BCUT2D eigenvalue weighted by molar-refractivity contribution is 0.0792. The van der Waals surface area contributed by atoms with Gasteiger partial charge in [0.15, 0.2) is 0 Å². The first-order chi connectivity index (χ1) is 10.0. The van der Waals surface area contributed by atoms with E-state index in [1.54, 1.807) is 0 Å². The number of rotatable bonds is 6. The Morgan fingerprint density at radius 1 is 1.19 bits per heavy atom. The zero-order chi connectivity index (χ0) is 15.3. The van der Waals surface area contributed by atoms with E-state index in [1.807, 2.05) is 0 Å². The first-order valence-corrected chi connectivity index (χ1v) is 10.1. The van der Waals surface area contributed by atoms with E-state index >= 15 is 0 Å². The second-order valence-electron chi connectivity index (χ2n) is 7.83. The molecule has 0 radical (unpaired) electrons. The summed E-state index contributed by atoms with van der Waals surface area (Å²) in [7, 11) is 0. The largest absolute Gasteiger partial charge is 0.316 e. The molecule has 1 aliphatic carbocycles. The number of nitrogens with one attached hydrogen (secondary N) is 1. The maximum atomic E-state index is 3.75. The van der Waals surface area contributed by atoms with E-state index in [4.69, 9.17) is 0 Å². The van der Waals surface area contributed by atoms with Crippen molar-refractivity contribution in [3.05, 3.63) is 0 Å². The molecule has 2 fully saturated rings. The Bertz CT molecular complexity index is 300. The van der Waals surface area contributed by atoms with E-state index in [1.165, 1.54) is 64.8 Å². The molecule has 1 saturated heterocycles. The second-order valence-corrected chi connectivity index (χ2v) is 9.71. The number of thioether (sulfide) groups is 1. The third-order valence-electron chi connectivity index (χ3n) is 5.17. The standard InChI is InChI=1S/C18H36N2S/c1-5-9-19-13-18(8-6-7-15(2)10-18)14-20-11-16(3)21-17(4)12-20/h15-17,19H,5-14H2,1-4H3. The van der Waals surface area contributed by atoms with Crippen molar-refractivity contribution in [3.63, 3.8) is 0 Å². The van der Waals surface area contributed by atoms with Crippen molar-refractivity contribution in [1.29, 1.82) is 0 Å². The Hall–Kier alpha value is 0.270. The van der Waals surface area contributed by atoms with E-state index in [0.717, 1.165) is 16.4 Å². The molecule has 0 aromatic heterocycles. The molecule has 21 heavy (non-hydrogen) atoms. The van der Waals surface area contributed by atoms with Gasteiger partial charge in [0.2, 0.25) is 0 Å². The maximum absolute atomic E-state index is 3.75. The second kappa shape index (κ2) is 8.21. The molecule has 1 aliphatic heterocycles. The molecule has 0 aromatic rings. The summed E-state index contributed by atoms with van der Waals surface area (Å²) in [5.41, 5.74) is 0.536. The van der Waals surface area contributed by atoms with Gasteiger partial charge in [-0.3, -0.25) is 0 Å². The molecule has 1 N–H and O–H groups in total. The fourth-order valence-corrected chi connectivity index (χ4v) is 5.93. The lowest BCUT2D eigenvalue weighted by atomic mass is 9.69. The normalized spacial score (nSPS) is 38.6. The first kappa shape index (κ1) is 17.6. The number of hydrogen-bond acceptors (Lipinski definition) is 3. The van der Waals surface area contributed by atoms with Crippen molar-refractivity contribution in [3.8, 4) is 0 Å². The van der Waals surface area contributed by atoms with Gasteiger partial charge in [0.25, 0.3) is 0 Å². The minimum absolute atomic E-state index is 0.536. The van der Waals surface area contributed by atoms with Gasteiger partial charge in [-0.15, -0.1) is 0 Å². The maximum Gasteiger partial charge on any atom is 0.0149 e. The molecule has 2 aliphatic rings. The van der Waals surface area contributed by atoms with Crippen molar-refractivity contribution in [2.75, 3.05) is 32.7 Å². The zero-order valence-electron chi connectivity index (χ0n) is 14.7. The zero-order valence-corrected chi connectivity index (χ0v) is 15.5. The average Bonchev–Trinajstić information content (AvgIpc) is 2.37. The van der Waals surface area contributed by atoms with Crippen LogP contribution < -0.4 is 5.32 Å². The molecule has 0 amide bonds. The number of nitrogens with zero attached hydrogens (tertiary/aromatic N) is 1. The summed E-state index contributed by atoms with van der Waals surface area (Å²) in [6, 6.07) is 0. The molecule has 2 rings (SSSR count). The van der Waals surface area contributed by atoms with Crippen molar-refractivity contribution in [2.24, 2.45) is 11.3 Å². The molecule has 124 valence electrons. The predicted octanol–water partition coefficient (Wildman–Crippen LogP) is 4.01. The minimum Gasteiger partial charge on any atom is -0.316 e. The Kier molecular flexibility index (Phi) is 6.89. The van der Waals surface area contributed by atoms with Crippen LogP contribution in [0.1, 0.15) is 59.8 Å². The SMILES string of the molecule is CCCNCC1(CN2CC(C)SC(C)C2)CCCC(C)C1. The molecule has 1 heterocycles. The van der Waals surface area contributed by atoms with Crippen molar-refractivity contribution < 1.29 is 0 Å². The summed E-state index contributed by atoms with van der Waals surface area (Å²) in [5.74, 6) is 0.913. The molecule has 0 bridgehead atoms. The first-order valence-electron chi connectivity index (χ1n) is 9.11. The molecular formula is C18H36N2S. The van der Waals surface area contributed by atoms with E-state index in [9.17, 15) is 0 Å². The van der Waals surface area contributed by atoms with Crippen LogP contribution in [0.15, 0.2) is 0 Å². The smallest absolute Gasteiger partial charge is 0.0149 e. The molecule has 0 spiro atoms. The highest BCUT2D eigenvalue weighted by Gasteiger charge is 2.37. The van der Waals surface area contributed by atoms with Gasteiger partial charge in [0.1, 0.15) is 0 Å². The Morgan fingerprint density at radius 3 is 2.52 bits per heavy atom. The minimum atomic E-state index is 0.536. The lowest BCUT2D eigenvalue weighted by Crippen LogP contribution is -2.51. The highest BCUT2D eigenvalue weighted by Crippen LogP contribution is 2.40. The van der Waals surface area contributed by atoms with Crippen molar-refractivity contribution in [1.82, 2.24) is 10.2 Å². The number of hydrogen-bond donors (Lipinski definition) is 1. The summed E-state index contributed by atoms with van der Waals surface area (Å²) in [6.45, 7) is 15.9. The summed E-state index contributed by atoms with van der Waals surface area (Å²) < 4.78 is 0. The Morgan fingerprint density at radius 2 is 1.90 bits per heavy atom. The van der Waals surface area contributed by atoms with Gasteiger partial charge in [-0.25, -0.2) is 0 Å². The monoisotopic (exact) mass is 312 g/mol. The topological polar surface area (TPSA) is 15.3 Å². The molecular weight excluding hydrogens is 276 g/mol. The van der Waals surface area contributed by atoms with Crippen LogP contribution in [0.4, 0.5) is 0 Å². The highest BCUT2D eigenvalue weighted by molar-refractivity contribution is 8.00. The predicted molar refractivity (Wildman–Crippen MR) is 96.2 cm³/mol. The van der Waals surface area contributed by atoms with Gasteiger partial charge >= 0.3 is 0 Å². The van der Waals surface area contributed by atoms with Gasteiger partial charge in [-0.2, -0.15) is 11.8 Å². The molecule has 4 unspecified atom stereocenters. The van der Waals surface area contributed by atoms with E-state index in [2.05, 4.69) is 49.7 Å². The van der Waals surface area contributed by atoms with Crippen LogP contribution >= 0.6 is 11.8 Å². The summed E-state index contributed by atoms with van der Waals surface area (Å²) in [6.07, 6.45) is 6.98. The Balaban J connectivity index is 1.97. The van der Waals surface area contributed by atoms with Crippen LogP contribution in [0.5, 0.6) is 0 Å². The molecule has 3 heteroatoms. The van der Waals surface area contributed by atoms with Gasteiger partial charge in [0, 0.05) is 36.7 Å². The van der Waals surface area contributed by atoms with Crippen LogP contribution in [-0.2, 0) is 0 Å². The van der Waals surface area contributed by atoms with Crippen LogP contribution in [0, 0.1) is 11.3 Å². The van der Waals surface area contributed by atoms with E-state index in [0.29, 0.717) is 5.41 Å². The molecule has 2 nitrogen and oxygen atoms in total. The fourth-order valence-electron chi connectivity index (χ4n) is 4.55. The summed E-state index contributed by atoms with van der Waals surface area (Å²) >= 11 is 2.17. The third kappa shape index (κ3) is 5.44. The van der Waals surface area contributed by atoms with Gasteiger partial charge in [-0.1, -0.05) is 40.5 Å². The third-order valence-corrected chi connectivity index (χ3v) is 6.39. The van der Waals surface area contributed by atoms with Crippen LogP contribution in [-0.4, -0.2) is 48.1 Å². The highest BCUT2D eigenvalue weighted by atomic mass is 32.2. The fraction of sp³-hybridized carbons (Fsp3) is 1.00. The molecule has 0 aromatic carbocycles. The van der Waals surface area contributed by atoms with Crippen LogP contribution in [0.3, 0.4) is 0 Å². The van der Waals surface area contributed by atoms with Gasteiger partial charge in [0.05, 0.1) is 0 Å². The summed E-state index contributed by atoms with van der Waals surface area (Å²) in [4.78, 5) is 2.78. The van der Waals surface area contributed by atoms with Gasteiger partial charge in [-0.05, 0) is 37.1 Å². The van der Waals surface area contributed by atoms with Crippen molar-refractivity contribution in [2.45, 2.75) is 70.3 Å². The van der Waals surface area contributed by atoms with E-state index in [-0.39, 0.29) is 0 Å². The average molecular weight is 313 g/mol.